The highest BCUT2D eigenvalue weighted by molar-refractivity contribution is 7.93. The lowest BCUT2D eigenvalue weighted by atomic mass is 10.3. The van der Waals surface area contributed by atoms with Gasteiger partial charge in [0.05, 0.1) is 16.3 Å². The fourth-order valence-electron chi connectivity index (χ4n) is 2.42. The SMILES string of the molecule is O=S(=O)(Nc1cccc(Cl)c1)c1ccc(O)c(NS(=O)(=O)c2ccc(F)cc2F)c1. The minimum Gasteiger partial charge on any atom is -0.506 e. The van der Waals surface area contributed by atoms with E-state index in [4.69, 9.17) is 11.6 Å². The second kappa shape index (κ2) is 8.09. The number of halogens is 3. The van der Waals surface area contributed by atoms with Crippen LogP contribution < -0.4 is 9.44 Å². The summed E-state index contributed by atoms with van der Waals surface area (Å²) in [6.07, 6.45) is 0. The number of hydrogen-bond donors (Lipinski definition) is 3. The first-order valence-electron chi connectivity index (χ1n) is 8.07. The maximum atomic E-state index is 13.9. The molecule has 3 rings (SSSR count). The van der Waals surface area contributed by atoms with E-state index in [1.54, 1.807) is 6.07 Å². The Morgan fingerprint density at radius 2 is 1.57 bits per heavy atom. The normalized spacial score (nSPS) is 11.8. The van der Waals surface area contributed by atoms with E-state index in [2.05, 4.69) is 4.72 Å². The lowest BCUT2D eigenvalue weighted by Gasteiger charge is -2.13. The number of nitrogens with one attached hydrogen (secondary N) is 2. The Bertz CT molecular complexity index is 1330. The van der Waals surface area contributed by atoms with Crippen molar-refractivity contribution in [1.82, 2.24) is 0 Å². The van der Waals surface area contributed by atoms with Gasteiger partial charge in [0.2, 0.25) is 0 Å². The van der Waals surface area contributed by atoms with Crippen molar-refractivity contribution >= 4 is 43.0 Å². The molecule has 0 aliphatic rings. The van der Waals surface area contributed by atoms with Crippen LogP contribution in [0.2, 0.25) is 5.02 Å². The lowest BCUT2D eigenvalue weighted by molar-refractivity contribution is 0.477. The predicted molar refractivity (Wildman–Crippen MR) is 108 cm³/mol. The standard InChI is InChI=1S/C18H13ClF2N2O5S2/c19-11-2-1-3-13(8-11)22-29(25,26)14-5-6-17(24)16(10-14)23-30(27,28)18-7-4-12(20)9-15(18)21/h1-10,22-24H. The molecule has 7 nitrogen and oxygen atoms in total. The fraction of sp³-hybridized carbons (Fsp3) is 0. The molecule has 0 heterocycles. The Hall–Kier alpha value is -2.89. The van der Waals surface area contributed by atoms with Crippen LogP contribution in [-0.2, 0) is 20.0 Å². The summed E-state index contributed by atoms with van der Waals surface area (Å²) in [7, 11) is -8.78. The molecule has 0 radical (unpaired) electrons. The minimum atomic E-state index is -4.59. The van der Waals surface area contributed by atoms with Crippen LogP contribution in [-0.4, -0.2) is 21.9 Å². The van der Waals surface area contributed by atoms with E-state index in [1.807, 2.05) is 4.72 Å². The number of hydrogen-bond acceptors (Lipinski definition) is 5. The third kappa shape index (κ3) is 4.81. The monoisotopic (exact) mass is 474 g/mol. The molecule has 0 unspecified atom stereocenters. The van der Waals surface area contributed by atoms with Gasteiger partial charge >= 0.3 is 0 Å². The summed E-state index contributed by atoms with van der Waals surface area (Å²) >= 11 is 5.82. The minimum absolute atomic E-state index is 0.158. The second-order valence-electron chi connectivity index (χ2n) is 5.98. The predicted octanol–water partition coefficient (Wildman–Crippen LogP) is 3.93. The third-order valence-corrected chi connectivity index (χ3v) is 6.80. The van der Waals surface area contributed by atoms with Gasteiger partial charge in [-0.15, -0.1) is 0 Å². The van der Waals surface area contributed by atoms with Crippen molar-refractivity contribution in [1.29, 1.82) is 0 Å². The molecule has 30 heavy (non-hydrogen) atoms. The summed E-state index contributed by atoms with van der Waals surface area (Å²) in [5.74, 6) is -2.94. The van der Waals surface area contributed by atoms with Gasteiger partial charge in [0.1, 0.15) is 22.3 Å². The first kappa shape index (κ1) is 21.8. The lowest BCUT2D eigenvalue weighted by Crippen LogP contribution is -2.16. The van der Waals surface area contributed by atoms with E-state index in [1.165, 1.54) is 18.2 Å². The van der Waals surface area contributed by atoms with Gasteiger partial charge in [-0.25, -0.2) is 25.6 Å². The van der Waals surface area contributed by atoms with Gasteiger partial charge < -0.3 is 5.11 Å². The highest BCUT2D eigenvalue weighted by Crippen LogP contribution is 2.30. The Kier molecular flexibility index (Phi) is 5.88. The molecule has 0 aliphatic carbocycles. The summed E-state index contributed by atoms with van der Waals surface area (Å²) in [5.41, 5.74) is -0.362. The average molecular weight is 475 g/mol. The second-order valence-corrected chi connectivity index (χ2v) is 9.74. The van der Waals surface area contributed by atoms with Crippen LogP contribution in [0.4, 0.5) is 20.2 Å². The maximum absolute atomic E-state index is 13.9. The van der Waals surface area contributed by atoms with Gasteiger partial charge in [0, 0.05) is 11.1 Å². The molecule has 0 saturated carbocycles. The quantitative estimate of drug-likeness (QED) is 0.469. The van der Waals surface area contributed by atoms with Crippen molar-refractivity contribution < 1.29 is 30.7 Å². The van der Waals surface area contributed by atoms with Gasteiger partial charge in [-0.1, -0.05) is 17.7 Å². The van der Waals surface area contributed by atoms with Gasteiger partial charge in [0.15, 0.2) is 0 Å². The van der Waals surface area contributed by atoms with Crippen LogP contribution in [0, 0.1) is 11.6 Å². The van der Waals surface area contributed by atoms with Gasteiger partial charge in [-0.3, -0.25) is 9.44 Å². The molecule has 0 bridgehead atoms. The average Bonchev–Trinajstić information content (AvgIpc) is 2.62. The number of sulfonamides is 2. The zero-order valence-electron chi connectivity index (χ0n) is 14.8. The zero-order chi connectivity index (χ0) is 22.1. The molecule has 3 N–H and O–H groups in total. The molecule has 158 valence electrons. The highest BCUT2D eigenvalue weighted by atomic mass is 35.5. The van der Waals surface area contributed by atoms with E-state index in [9.17, 15) is 30.7 Å². The summed E-state index contributed by atoms with van der Waals surface area (Å²) in [6, 6.07) is 10.5. The molecule has 0 fully saturated rings. The summed E-state index contributed by atoms with van der Waals surface area (Å²) in [5, 5.41) is 10.2. The van der Waals surface area contributed by atoms with E-state index < -0.39 is 52.9 Å². The number of benzene rings is 3. The van der Waals surface area contributed by atoms with E-state index in [-0.39, 0.29) is 10.7 Å². The number of anilines is 2. The van der Waals surface area contributed by atoms with Gasteiger partial charge in [-0.05, 0) is 48.5 Å². The van der Waals surface area contributed by atoms with Crippen LogP contribution in [0.15, 0.2) is 70.5 Å². The van der Waals surface area contributed by atoms with Crippen LogP contribution in [0.3, 0.4) is 0 Å². The Labute approximate surface area is 176 Å². The van der Waals surface area contributed by atoms with Crippen molar-refractivity contribution in [2.24, 2.45) is 0 Å². The van der Waals surface area contributed by atoms with Crippen molar-refractivity contribution in [3.8, 4) is 5.75 Å². The molecular weight excluding hydrogens is 462 g/mol. The summed E-state index contributed by atoms with van der Waals surface area (Å²) in [4.78, 5) is -1.27. The van der Waals surface area contributed by atoms with Crippen molar-refractivity contribution in [3.05, 3.63) is 77.3 Å². The number of phenolic OH excluding ortho intramolecular Hbond substituents is 1. The summed E-state index contributed by atoms with van der Waals surface area (Å²) in [6.45, 7) is 0. The number of aromatic hydroxyl groups is 1. The Morgan fingerprint density at radius 3 is 2.23 bits per heavy atom. The van der Waals surface area contributed by atoms with Crippen LogP contribution in [0.25, 0.3) is 0 Å². The van der Waals surface area contributed by atoms with Gasteiger partial charge in [0.25, 0.3) is 20.0 Å². The zero-order valence-corrected chi connectivity index (χ0v) is 17.2. The molecule has 0 amide bonds. The Morgan fingerprint density at radius 1 is 0.833 bits per heavy atom. The molecule has 0 saturated heterocycles. The smallest absolute Gasteiger partial charge is 0.264 e. The van der Waals surface area contributed by atoms with Crippen molar-refractivity contribution in [2.45, 2.75) is 9.79 Å². The van der Waals surface area contributed by atoms with Crippen LogP contribution in [0.1, 0.15) is 0 Å². The highest BCUT2D eigenvalue weighted by Gasteiger charge is 2.23. The maximum Gasteiger partial charge on any atom is 0.264 e. The van der Waals surface area contributed by atoms with Crippen LogP contribution >= 0.6 is 11.6 Å². The first-order chi connectivity index (χ1) is 14.0. The largest absolute Gasteiger partial charge is 0.506 e. The third-order valence-electron chi connectivity index (χ3n) is 3.78. The fourth-order valence-corrected chi connectivity index (χ4v) is 4.81. The van der Waals surface area contributed by atoms with E-state index >= 15 is 0 Å². The van der Waals surface area contributed by atoms with E-state index in [0.29, 0.717) is 12.1 Å². The molecule has 3 aromatic rings. The summed E-state index contributed by atoms with van der Waals surface area (Å²) < 4.78 is 81.0. The molecule has 3 aromatic carbocycles. The van der Waals surface area contributed by atoms with E-state index in [0.717, 1.165) is 24.3 Å². The van der Waals surface area contributed by atoms with Crippen molar-refractivity contribution in [3.63, 3.8) is 0 Å². The number of rotatable bonds is 6. The van der Waals surface area contributed by atoms with Crippen molar-refractivity contribution in [2.75, 3.05) is 9.44 Å². The molecular formula is C18H13ClF2N2O5S2. The molecule has 0 aliphatic heterocycles. The molecule has 0 aromatic heterocycles. The molecule has 12 heteroatoms. The molecule has 0 atom stereocenters. The van der Waals surface area contributed by atoms with Crippen LogP contribution in [0.5, 0.6) is 5.75 Å². The Balaban J connectivity index is 1.95. The first-order valence-corrected chi connectivity index (χ1v) is 11.4. The topological polar surface area (TPSA) is 113 Å². The van der Waals surface area contributed by atoms with Gasteiger partial charge in [-0.2, -0.15) is 0 Å². The molecule has 0 spiro atoms. The number of phenols is 1.